The molecule has 8 heteroatoms. The number of rotatable bonds is 5. The van der Waals surface area contributed by atoms with Gasteiger partial charge in [-0.3, -0.25) is 9.59 Å². The summed E-state index contributed by atoms with van der Waals surface area (Å²) in [5, 5.41) is 8.95. The molecular weight excluding hydrogens is 408 g/mol. The van der Waals surface area contributed by atoms with E-state index < -0.39 is 0 Å². The van der Waals surface area contributed by atoms with Gasteiger partial charge >= 0.3 is 6.03 Å². The standard InChI is InChI=1S/C24H30N4O4/c29-22(17-8-10-19(11-9-17)26-23(30)21-7-4-16-32-21)25-20-12-14-28(15-13-20)24(31)27-18-5-2-1-3-6-18/h4,7-11,16,18,20H,1-3,5-6,12-15H2,(H,25,29)(H,26,30)(H,27,31). The molecule has 1 aliphatic carbocycles. The molecule has 1 saturated carbocycles. The van der Waals surface area contributed by atoms with Crippen molar-refractivity contribution in [1.29, 1.82) is 0 Å². The fourth-order valence-corrected chi connectivity index (χ4v) is 4.31. The van der Waals surface area contributed by atoms with Gasteiger partial charge in [0.05, 0.1) is 6.26 Å². The predicted molar refractivity (Wildman–Crippen MR) is 121 cm³/mol. The number of benzene rings is 1. The maximum Gasteiger partial charge on any atom is 0.317 e. The lowest BCUT2D eigenvalue weighted by Crippen LogP contribution is -2.51. The monoisotopic (exact) mass is 438 g/mol. The van der Waals surface area contributed by atoms with Gasteiger partial charge in [-0.15, -0.1) is 0 Å². The fraction of sp³-hybridized carbons (Fsp3) is 0.458. The molecule has 0 bridgehead atoms. The van der Waals surface area contributed by atoms with Crippen LogP contribution in [0.3, 0.4) is 0 Å². The minimum atomic E-state index is -0.341. The lowest BCUT2D eigenvalue weighted by molar-refractivity contribution is 0.0916. The summed E-state index contributed by atoms with van der Waals surface area (Å²) in [6, 6.07) is 10.3. The van der Waals surface area contributed by atoms with E-state index >= 15 is 0 Å². The predicted octanol–water partition coefficient (Wildman–Crippen LogP) is 3.77. The van der Waals surface area contributed by atoms with Crippen LogP contribution in [0.4, 0.5) is 10.5 Å². The average Bonchev–Trinajstić information content (AvgIpc) is 3.36. The first kappa shape index (κ1) is 21.9. The number of hydrogen-bond donors (Lipinski definition) is 3. The van der Waals surface area contributed by atoms with Crippen molar-refractivity contribution >= 4 is 23.5 Å². The molecule has 2 aromatic rings. The van der Waals surface area contributed by atoms with Gasteiger partial charge in [-0.2, -0.15) is 0 Å². The Morgan fingerprint density at radius 3 is 2.16 bits per heavy atom. The molecule has 8 nitrogen and oxygen atoms in total. The summed E-state index contributed by atoms with van der Waals surface area (Å²) >= 11 is 0. The lowest BCUT2D eigenvalue weighted by Gasteiger charge is -2.34. The number of nitrogens with one attached hydrogen (secondary N) is 3. The van der Waals surface area contributed by atoms with Crippen molar-refractivity contribution in [2.24, 2.45) is 0 Å². The summed E-state index contributed by atoms with van der Waals surface area (Å²) in [5.74, 6) is -0.268. The first-order valence-corrected chi connectivity index (χ1v) is 11.4. The SMILES string of the molecule is O=C(NC1CCN(C(=O)NC2CCCCC2)CC1)c1ccc(NC(=O)c2ccco2)cc1. The van der Waals surface area contributed by atoms with E-state index in [-0.39, 0.29) is 29.6 Å². The maximum atomic E-state index is 12.6. The molecule has 170 valence electrons. The number of anilines is 1. The summed E-state index contributed by atoms with van der Waals surface area (Å²) in [6.07, 6.45) is 8.71. The maximum absolute atomic E-state index is 12.6. The number of hydrogen-bond acceptors (Lipinski definition) is 4. The molecule has 2 heterocycles. The van der Waals surface area contributed by atoms with Crippen molar-refractivity contribution < 1.29 is 18.8 Å². The molecule has 0 unspecified atom stereocenters. The van der Waals surface area contributed by atoms with Crippen LogP contribution in [0.25, 0.3) is 0 Å². The molecule has 1 aliphatic heterocycles. The molecule has 0 spiro atoms. The van der Waals surface area contributed by atoms with Gasteiger partial charge in [0.2, 0.25) is 0 Å². The van der Waals surface area contributed by atoms with Crippen LogP contribution in [-0.2, 0) is 0 Å². The van der Waals surface area contributed by atoms with Crippen LogP contribution in [0.5, 0.6) is 0 Å². The highest BCUT2D eigenvalue weighted by molar-refractivity contribution is 6.02. The number of furan rings is 1. The zero-order chi connectivity index (χ0) is 22.3. The second kappa shape index (κ2) is 10.3. The fourth-order valence-electron chi connectivity index (χ4n) is 4.31. The van der Waals surface area contributed by atoms with E-state index in [0.717, 1.165) is 25.7 Å². The Morgan fingerprint density at radius 1 is 0.812 bits per heavy atom. The van der Waals surface area contributed by atoms with E-state index in [4.69, 9.17) is 4.42 Å². The highest BCUT2D eigenvalue weighted by Crippen LogP contribution is 2.19. The van der Waals surface area contributed by atoms with Crippen LogP contribution in [-0.4, -0.2) is 47.9 Å². The number of piperidine rings is 1. The van der Waals surface area contributed by atoms with E-state index in [9.17, 15) is 14.4 Å². The van der Waals surface area contributed by atoms with Crippen LogP contribution >= 0.6 is 0 Å². The van der Waals surface area contributed by atoms with Crippen LogP contribution in [0.1, 0.15) is 65.9 Å². The van der Waals surface area contributed by atoms with Crippen LogP contribution in [0.15, 0.2) is 47.1 Å². The zero-order valence-corrected chi connectivity index (χ0v) is 18.1. The van der Waals surface area contributed by atoms with Gasteiger partial charge in [-0.25, -0.2) is 4.79 Å². The lowest BCUT2D eigenvalue weighted by atomic mass is 9.95. The first-order valence-electron chi connectivity index (χ1n) is 11.4. The van der Waals surface area contributed by atoms with Gasteiger partial charge in [0.15, 0.2) is 5.76 Å². The van der Waals surface area contributed by atoms with E-state index in [2.05, 4.69) is 16.0 Å². The minimum Gasteiger partial charge on any atom is -0.459 e. The van der Waals surface area contributed by atoms with Crippen molar-refractivity contribution in [2.45, 2.75) is 57.0 Å². The molecule has 0 radical (unpaired) electrons. The molecule has 1 saturated heterocycles. The van der Waals surface area contributed by atoms with Gasteiger partial charge in [-0.1, -0.05) is 19.3 Å². The molecule has 2 fully saturated rings. The van der Waals surface area contributed by atoms with Gasteiger partial charge in [0, 0.05) is 36.4 Å². The van der Waals surface area contributed by atoms with Crippen molar-refractivity contribution in [3.8, 4) is 0 Å². The number of likely N-dealkylation sites (tertiary alicyclic amines) is 1. The third-order valence-corrected chi connectivity index (χ3v) is 6.20. The molecule has 4 amide bonds. The quantitative estimate of drug-likeness (QED) is 0.661. The second-order valence-electron chi connectivity index (χ2n) is 8.53. The Labute approximate surface area is 187 Å². The van der Waals surface area contributed by atoms with Gasteiger partial charge in [-0.05, 0) is 62.1 Å². The average molecular weight is 439 g/mol. The van der Waals surface area contributed by atoms with E-state index in [1.165, 1.54) is 25.5 Å². The largest absolute Gasteiger partial charge is 0.459 e. The summed E-state index contributed by atoms with van der Waals surface area (Å²) in [7, 11) is 0. The molecule has 3 N–H and O–H groups in total. The molecule has 1 aromatic carbocycles. The van der Waals surface area contributed by atoms with Crippen molar-refractivity contribution in [2.75, 3.05) is 18.4 Å². The van der Waals surface area contributed by atoms with Crippen LogP contribution in [0.2, 0.25) is 0 Å². The van der Waals surface area contributed by atoms with E-state index in [1.54, 1.807) is 36.4 Å². The van der Waals surface area contributed by atoms with Crippen LogP contribution < -0.4 is 16.0 Å². The second-order valence-corrected chi connectivity index (χ2v) is 8.53. The Hall–Kier alpha value is -3.29. The van der Waals surface area contributed by atoms with E-state index in [1.807, 2.05) is 4.90 Å². The topological polar surface area (TPSA) is 104 Å². The first-order chi connectivity index (χ1) is 15.6. The summed E-state index contributed by atoms with van der Waals surface area (Å²) in [6.45, 7) is 1.28. The Bertz CT molecular complexity index is 912. The van der Waals surface area contributed by atoms with Gasteiger partial charge < -0.3 is 25.3 Å². The Balaban J connectivity index is 1.21. The Kier molecular flexibility index (Phi) is 7.09. The molecular formula is C24H30N4O4. The number of urea groups is 1. The highest BCUT2D eigenvalue weighted by Gasteiger charge is 2.26. The number of amides is 4. The summed E-state index contributed by atoms with van der Waals surface area (Å²) in [5.41, 5.74) is 1.11. The van der Waals surface area contributed by atoms with Gasteiger partial charge in [0.1, 0.15) is 0 Å². The number of nitrogens with zero attached hydrogens (tertiary/aromatic N) is 1. The smallest absolute Gasteiger partial charge is 0.317 e. The molecule has 4 rings (SSSR count). The molecule has 1 aromatic heterocycles. The normalized spacial score (nSPS) is 17.6. The van der Waals surface area contributed by atoms with Gasteiger partial charge in [0.25, 0.3) is 11.8 Å². The third kappa shape index (κ3) is 5.69. The number of carbonyl (C=O) groups is 3. The molecule has 0 atom stereocenters. The zero-order valence-electron chi connectivity index (χ0n) is 18.1. The highest BCUT2D eigenvalue weighted by atomic mass is 16.3. The van der Waals surface area contributed by atoms with Crippen molar-refractivity contribution in [3.63, 3.8) is 0 Å². The summed E-state index contributed by atoms with van der Waals surface area (Å²) in [4.78, 5) is 39.0. The minimum absolute atomic E-state index is 0.0221. The van der Waals surface area contributed by atoms with Crippen molar-refractivity contribution in [1.82, 2.24) is 15.5 Å². The van der Waals surface area contributed by atoms with E-state index in [0.29, 0.717) is 30.4 Å². The summed E-state index contributed by atoms with van der Waals surface area (Å²) < 4.78 is 5.07. The van der Waals surface area contributed by atoms with Crippen molar-refractivity contribution in [3.05, 3.63) is 54.0 Å². The van der Waals surface area contributed by atoms with Crippen LogP contribution in [0, 0.1) is 0 Å². The molecule has 2 aliphatic rings. The Morgan fingerprint density at radius 2 is 1.50 bits per heavy atom. The third-order valence-electron chi connectivity index (χ3n) is 6.20. The molecule has 32 heavy (non-hydrogen) atoms. The number of carbonyl (C=O) groups excluding carboxylic acids is 3.